The molecule has 0 aliphatic carbocycles. The van der Waals surface area contributed by atoms with E-state index in [-0.39, 0.29) is 6.04 Å². The minimum atomic E-state index is -0.0288. The first kappa shape index (κ1) is 15.1. The largest absolute Gasteiger partial charge is 0.494 e. The minimum Gasteiger partial charge on any atom is -0.494 e. The van der Waals surface area contributed by atoms with E-state index in [0.29, 0.717) is 0 Å². The van der Waals surface area contributed by atoms with Crippen molar-refractivity contribution in [1.82, 2.24) is 0 Å². The number of hydrogen-bond donors (Lipinski definition) is 1. The Balaban J connectivity index is 2.09. The van der Waals surface area contributed by atoms with E-state index in [2.05, 4.69) is 35.0 Å². The fraction of sp³-hybridized carbons (Fsp3) is 0.294. The van der Waals surface area contributed by atoms with Gasteiger partial charge in [-0.3, -0.25) is 0 Å². The summed E-state index contributed by atoms with van der Waals surface area (Å²) in [5.74, 6) is 0.895. The molecule has 0 heterocycles. The molecule has 2 aromatic rings. The molecule has 0 saturated heterocycles. The second kappa shape index (κ2) is 7.46. The van der Waals surface area contributed by atoms with Crippen molar-refractivity contribution in [3.05, 3.63) is 64.1 Å². The van der Waals surface area contributed by atoms with Crippen LogP contribution in [0.3, 0.4) is 0 Å². The molecule has 0 spiro atoms. The van der Waals surface area contributed by atoms with Gasteiger partial charge < -0.3 is 10.5 Å². The molecule has 2 nitrogen and oxygen atoms in total. The Kier molecular flexibility index (Phi) is 5.62. The quantitative estimate of drug-likeness (QED) is 0.845. The van der Waals surface area contributed by atoms with Crippen molar-refractivity contribution in [3.8, 4) is 5.75 Å². The van der Waals surface area contributed by atoms with Crippen LogP contribution in [-0.2, 0) is 6.42 Å². The van der Waals surface area contributed by atoms with Gasteiger partial charge in [-0.15, -0.1) is 0 Å². The Bertz CT molecular complexity index is 556. The lowest BCUT2D eigenvalue weighted by Crippen LogP contribution is -2.13. The molecule has 0 amide bonds. The molecule has 0 aliphatic rings. The van der Waals surface area contributed by atoms with Crippen LogP contribution in [0.4, 0.5) is 0 Å². The maximum Gasteiger partial charge on any atom is 0.119 e. The lowest BCUT2D eigenvalue weighted by atomic mass is 9.99. The average Bonchev–Trinajstić information content (AvgIpc) is 2.48. The van der Waals surface area contributed by atoms with Gasteiger partial charge in [-0.25, -0.2) is 0 Å². The van der Waals surface area contributed by atoms with Crippen molar-refractivity contribution in [2.24, 2.45) is 5.73 Å². The number of ether oxygens (including phenoxy) is 1. The number of rotatable bonds is 6. The highest BCUT2D eigenvalue weighted by atomic mass is 79.9. The normalized spacial score (nSPS) is 12.2. The molecule has 2 N–H and O–H groups in total. The first-order chi connectivity index (χ1) is 9.70. The van der Waals surface area contributed by atoms with Crippen molar-refractivity contribution < 1.29 is 4.74 Å². The van der Waals surface area contributed by atoms with Crippen molar-refractivity contribution in [2.75, 3.05) is 6.61 Å². The van der Waals surface area contributed by atoms with Crippen molar-refractivity contribution in [2.45, 2.75) is 25.8 Å². The molecule has 106 valence electrons. The van der Waals surface area contributed by atoms with E-state index >= 15 is 0 Å². The number of benzene rings is 2. The zero-order chi connectivity index (χ0) is 14.4. The van der Waals surface area contributed by atoms with Gasteiger partial charge in [-0.2, -0.15) is 0 Å². The summed E-state index contributed by atoms with van der Waals surface area (Å²) >= 11 is 3.57. The number of halogens is 1. The molecule has 3 heteroatoms. The maximum atomic E-state index is 6.32. The summed E-state index contributed by atoms with van der Waals surface area (Å²) in [7, 11) is 0. The predicted octanol–water partition coefficient (Wildman–Crippen LogP) is 4.48. The summed E-state index contributed by atoms with van der Waals surface area (Å²) in [6, 6.07) is 16.2. The highest BCUT2D eigenvalue weighted by molar-refractivity contribution is 9.10. The molecule has 0 fully saturated rings. The van der Waals surface area contributed by atoms with Crippen molar-refractivity contribution >= 4 is 15.9 Å². The molecule has 0 radical (unpaired) electrons. The van der Waals surface area contributed by atoms with Crippen LogP contribution in [-0.4, -0.2) is 6.61 Å². The molecular weight excluding hydrogens is 314 g/mol. The minimum absolute atomic E-state index is 0.0288. The maximum absolute atomic E-state index is 6.32. The molecule has 2 aromatic carbocycles. The van der Waals surface area contributed by atoms with Crippen molar-refractivity contribution in [3.63, 3.8) is 0 Å². The molecule has 1 unspecified atom stereocenters. The Labute approximate surface area is 129 Å². The fourth-order valence-corrected chi connectivity index (χ4v) is 2.52. The van der Waals surface area contributed by atoms with Gasteiger partial charge in [0.05, 0.1) is 6.61 Å². The van der Waals surface area contributed by atoms with Gasteiger partial charge in [0.15, 0.2) is 0 Å². The second-order valence-electron chi connectivity index (χ2n) is 4.82. The Morgan fingerprint density at radius 2 is 1.95 bits per heavy atom. The van der Waals surface area contributed by atoms with Crippen LogP contribution in [0.1, 0.15) is 30.5 Å². The molecule has 1 atom stereocenters. The number of nitrogens with two attached hydrogens (primary N) is 1. The Morgan fingerprint density at radius 1 is 1.15 bits per heavy atom. The van der Waals surface area contributed by atoms with E-state index in [1.807, 2.05) is 36.4 Å². The van der Waals surface area contributed by atoms with Crippen LogP contribution < -0.4 is 10.5 Å². The van der Waals surface area contributed by atoms with Crippen LogP contribution >= 0.6 is 15.9 Å². The van der Waals surface area contributed by atoms with Gasteiger partial charge in [0, 0.05) is 10.5 Å². The summed E-state index contributed by atoms with van der Waals surface area (Å²) in [5.41, 5.74) is 8.65. The molecule has 2 rings (SSSR count). The highest BCUT2D eigenvalue weighted by Gasteiger charge is 2.10. The molecule has 0 aromatic heterocycles. The standard InChI is InChI=1S/C17H20BrNO/c1-2-10-20-15-8-5-7-14(11-15)17(19)12-13-6-3-4-9-16(13)18/h3-9,11,17H,2,10,12,19H2,1H3. The number of hydrogen-bond acceptors (Lipinski definition) is 2. The van der Waals surface area contributed by atoms with E-state index in [1.54, 1.807) is 0 Å². The van der Waals surface area contributed by atoms with E-state index in [0.717, 1.165) is 35.2 Å². The van der Waals surface area contributed by atoms with Gasteiger partial charge >= 0.3 is 0 Å². The summed E-state index contributed by atoms with van der Waals surface area (Å²) in [6.45, 7) is 2.84. The van der Waals surface area contributed by atoms with E-state index < -0.39 is 0 Å². The molecular formula is C17H20BrNO. The first-order valence-corrected chi connectivity index (χ1v) is 7.71. The van der Waals surface area contributed by atoms with E-state index in [9.17, 15) is 0 Å². The van der Waals surface area contributed by atoms with Crippen molar-refractivity contribution in [1.29, 1.82) is 0 Å². The molecule has 20 heavy (non-hydrogen) atoms. The third-order valence-electron chi connectivity index (χ3n) is 3.16. The van der Waals surface area contributed by atoms with Crippen LogP contribution in [0.2, 0.25) is 0 Å². The lowest BCUT2D eigenvalue weighted by molar-refractivity contribution is 0.317. The van der Waals surface area contributed by atoms with E-state index in [4.69, 9.17) is 10.5 Å². The zero-order valence-corrected chi connectivity index (χ0v) is 13.3. The topological polar surface area (TPSA) is 35.2 Å². The third kappa shape index (κ3) is 4.09. The summed E-state index contributed by atoms with van der Waals surface area (Å²) in [5, 5.41) is 0. The average molecular weight is 334 g/mol. The predicted molar refractivity (Wildman–Crippen MR) is 87.0 cm³/mol. The summed E-state index contributed by atoms with van der Waals surface area (Å²) in [4.78, 5) is 0. The highest BCUT2D eigenvalue weighted by Crippen LogP contribution is 2.24. The summed E-state index contributed by atoms with van der Waals surface area (Å²) < 4.78 is 6.76. The van der Waals surface area contributed by atoms with Gasteiger partial charge in [0.1, 0.15) is 5.75 Å². The second-order valence-corrected chi connectivity index (χ2v) is 5.68. The van der Waals surface area contributed by atoms with Gasteiger partial charge in [0.25, 0.3) is 0 Å². The first-order valence-electron chi connectivity index (χ1n) is 6.92. The van der Waals surface area contributed by atoms with E-state index in [1.165, 1.54) is 5.56 Å². The third-order valence-corrected chi connectivity index (χ3v) is 3.93. The SMILES string of the molecule is CCCOc1cccc(C(N)Cc2ccccc2Br)c1. The zero-order valence-electron chi connectivity index (χ0n) is 11.7. The molecule has 0 aliphatic heterocycles. The Morgan fingerprint density at radius 3 is 2.70 bits per heavy atom. The van der Waals surface area contributed by atoms with Gasteiger partial charge in [-0.05, 0) is 42.2 Å². The van der Waals surface area contributed by atoms with Gasteiger partial charge in [0.2, 0.25) is 0 Å². The molecule has 0 bridgehead atoms. The van der Waals surface area contributed by atoms with Crippen LogP contribution in [0.15, 0.2) is 53.0 Å². The van der Waals surface area contributed by atoms with Crippen LogP contribution in [0.5, 0.6) is 5.75 Å². The smallest absolute Gasteiger partial charge is 0.119 e. The monoisotopic (exact) mass is 333 g/mol. The van der Waals surface area contributed by atoms with Crippen LogP contribution in [0, 0.1) is 0 Å². The van der Waals surface area contributed by atoms with Crippen LogP contribution in [0.25, 0.3) is 0 Å². The Hall–Kier alpha value is -1.32. The lowest BCUT2D eigenvalue weighted by Gasteiger charge is -2.14. The fourth-order valence-electron chi connectivity index (χ4n) is 2.07. The van der Waals surface area contributed by atoms with Gasteiger partial charge in [-0.1, -0.05) is 53.2 Å². The molecule has 0 saturated carbocycles. The summed E-state index contributed by atoms with van der Waals surface area (Å²) in [6.07, 6.45) is 1.81.